The predicted molar refractivity (Wildman–Crippen MR) is 68.9 cm³/mol. The molecule has 0 bridgehead atoms. The number of nitrogens with one attached hydrogen (secondary N) is 1. The molecule has 3 heteroatoms. The maximum Gasteiger partial charge on any atom is 0.0525 e. The van der Waals surface area contributed by atoms with Gasteiger partial charge in [-0.25, -0.2) is 0 Å². The Morgan fingerprint density at radius 1 is 1.25 bits per heavy atom. The van der Waals surface area contributed by atoms with Gasteiger partial charge in [0, 0.05) is 10.6 Å². The SMILES string of the molecule is CNC1(C(c2ccc(Cl)cc2)N(C)C)CC1. The zero-order valence-corrected chi connectivity index (χ0v) is 10.9. The van der Waals surface area contributed by atoms with Crippen molar-refractivity contribution in [2.45, 2.75) is 24.4 Å². The first-order valence-electron chi connectivity index (χ1n) is 5.70. The van der Waals surface area contributed by atoms with E-state index in [0.717, 1.165) is 5.02 Å². The van der Waals surface area contributed by atoms with Crippen molar-refractivity contribution in [3.63, 3.8) is 0 Å². The normalized spacial score (nSPS) is 19.8. The van der Waals surface area contributed by atoms with Crippen molar-refractivity contribution in [2.24, 2.45) is 0 Å². The Bertz CT molecular complexity index is 355. The Labute approximate surface area is 103 Å². The smallest absolute Gasteiger partial charge is 0.0525 e. The summed E-state index contributed by atoms with van der Waals surface area (Å²) in [4.78, 5) is 2.28. The highest BCUT2D eigenvalue weighted by atomic mass is 35.5. The van der Waals surface area contributed by atoms with E-state index in [1.165, 1.54) is 18.4 Å². The Hall–Kier alpha value is -0.570. The van der Waals surface area contributed by atoms with Gasteiger partial charge in [-0.3, -0.25) is 0 Å². The number of benzene rings is 1. The van der Waals surface area contributed by atoms with Gasteiger partial charge in [0.05, 0.1) is 6.04 Å². The summed E-state index contributed by atoms with van der Waals surface area (Å²) in [6.45, 7) is 0. The second-order valence-corrected chi connectivity index (χ2v) is 5.26. The molecule has 88 valence electrons. The summed E-state index contributed by atoms with van der Waals surface area (Å²) < 4.78 is 0. The van der Waals surface area contributed by atoms with Crippen molar-refractivity contribution in [2.75, 3.05) is 21.1 Å². The Morgan fingerprint density at radius 2 is 1.81 bits per heavy atom. The van der Waals surface area contributed by atoms with E-state index in [4.69, 9.17) is 11.6 Å². The zero-order valence-electron chi connectivity index (χ0n) is 10.1. The van der Waals surface area contributed by atoms with Crippen molar-refractivity contribution < 1.29 is 0 Å². The van der Waals surface area contributed by atoms with E-state index in [2.05, 4.69) is 43.5 Å². The van der Waals surface area contributed by atoms with Crippen molar-refractivity contribution in [1.29, 1.82) is 0 Å². The lowest BCUT2D eigenvalue weighted by molar-refractivity contribution is 0.223. The van der Waals surface area contributed by atoms with Crippen molar-refractivity contribution >= 4 is 11.6 Å². The molecule has 2 nitrogen and oxygen atoms in total. The molecule has 0 aliphatic heterocycles. The standard InChI is InChI=1S/C13H19ClN2/c1-15-13(8-9-13)12(16(2)3)10-4-6-11(14)7-5-10/h4-7,12,15H,8-9H2,1-3H3. The van der Waals surface area contributed by atoms with Gasteiger partial charge in [0.25, 0.3) is 0 Å². The van der Waals surface area contributed by atoms with E-state index in [-0.39, 0.29) is 5.54 Å². The summed E-state index contributed by atoms with van der Waals surface area (Å²) in [6, 6.07) is 8.63. The summed E-state index contributed by atoms with van der Waals surface area (Å²) in [7, 11) is 6.33. The Kier molecular flexibility index (Phi) is 3.24. The fraction of sp³-hybridized carbons (Fsp3) is 0.538. The van der Waals surface area contributed by atoms with Crippen LogP contribution in [0.25, 0.3) is 0 Å². The summed E-state index contributed by atoms with van der Waals surface area (Å²) in [5.41, 5.74) is 1.60. The van der Waals surface area contributed by atoms with Crippen LogP contribution in [0.3, 0.4) is 0 Å². The van der Waals surface area contributed by atoms with Gasteiger partial charge in [0.1, 0.15) is 0 Å². The first-order chi connectivity index (χ1) is 7.59. The Balaban J connectivity index is 2.30. The lowest BCUT2D eigenvalue weighted by atomic mass is 9.96. The second-order valence-electron chi connectivity index (χ2n) is 4.82. The molecule has 0 radical (unpaired) electrons. The number of rotatable bonds is 4. The zero-order chi connectivity index (χ0) is 11.8. The van der Waals surface area contributed by atoms with Crippen molar-refractivity contribution in [3.05, 3.63) is 34.9 Å². The van der Waals surface area contributed by atoms with Crippen LogP contribution < -0.4 is 5.32 Å². The third-order valence-corrected chi connectivity index (χ3v) is 3.76. The molecule has 1 unspecified atom stereocenters. The minimum atomic E-state index is 0.261. The van der Waals surface area contributed by atoms with E-state index in [1.54, 1.807) is 0 Å². The van der Waals surface area contributed by atoms with Crippen LogP contribution in [0.2, 0.25) is 5.02 Å². The largest absolute Gasteiger partial charge is 0.313 e. The fourth-order valence-corrected chi connectivity index (χ4v) is 2.68. The molecule has 0 amide bonds. The maximum atomic E-state index is 5.93. The minimum Gasteiger partial charge on any atom is -0.313 e. The van der Waals surface area contributed by atoms with Gasteiger partial charge in [-0.05, 0) is 51.7 Å². The second kappa shape index (κ2) is 4.36. The number of hydrogen-bond acceptors (Lipinski definition) is 2. The van der Waals surface area contributed by atoms with Gasteiger partial charge < -0.3 is 10.2 Å². The van der Waals surface area contributed by atoms with E-state index in [9.17, 15) is 0 Å². The molecule has 1 N–H and O–H groups in total. The molecule has 1 atom stereocenters. The molecule has 1 aromatic rings. The molecular weight excluding hydrogens is 220 g/mol. The van der Waals surface area contributed by atoms with E-state index >= 15 is 0 Å². The van der Waals surface area contributed by atoms with Crippen LogP contribution in [-0.4, -0.2) is 31.6 Å². The predicted octanol–water partition coefficient (Wildman–Crippen LogP) is 2.69. The first kappa shape index (κ1) is 11.9. The van der Waals surface area contributed by atoms with E-state index in [0.29, 0.717) is 6.04 Å². The number of nitrogens with zero attached hydrogens (tertiary/aromatic N) is 1. The monoisotopic (exact) mass is 238 g/mol. The third kappa shape index (κ3) is 2.10. The molecule has 2 rings (SSSR count). The van der Waals surface area contributed by atoms with Gasteiger partial charge in [-0.1, -0.05) is 23.7 Å². The number of likely N-dealkylation sites (N-methyl/N-ethyl adjacent to an activating group) is 2. The molecule has 0 aromatic heterocycles. The molecule has 1 fully saturated rings. The summed E-state index contributed by atoms with van der Waals surface area (Å²) in [5.74, 6) is 0. The molecule has 1 aliphatic carbocycles. The van der Waals surface area contributed by atoms with Crippen LogP contribution in [0.1, 0.15) is 24.4 Å². The van der Waals surface area contributed by atoms with Gasteiger partial charge in [-0.2, -0.15) is 0 Å². The quantitative estimate of drug-likeness (QED) is 0.868. The van der Waals surface area contributed by atoms with Crippen molar-refractivity contribution in [3.8, 4) is 0 Å². The first-order valence-corrected chi connectivity index (χ1v) is 6.08. The summed E-state index contributed by atoms with van der Waals surface area (Å²) in [5, 5.41) is 4.27. The van der Waals surface area contributed by atoms with Gasteiger partial charge in [0.2, 0.25) is 0 Å². The number of halogens is 1. The maximum absolute atomic E-state index is 5.93. The summed E-state index contributed by atoms with van der Waals surface area (Å²) >= 11 is 5.93. The van der Waals surface area contributed by atoms with Crippen LogP contribution in [0.15, 0.2) is 24.3 Å². The molecule has 1 aromatic carbocycles. The molecule has 0 spiro atoms. The average Bonchev–Trinajstić information content (AvgIpc) is 3.02. The molecule has 0 saturated heterocycles. The third-order valence-electron chi connectivity index (χ3n) is 3.51. The van der Waals surface area contributed by atoms with Crippen LogP contribution in [0.5, 0.6) is 0 Å². The van der Waals surface area contributed by atoms with Crippen LogP contribution >= 0.6 is 11.6 Å². The van der Waals surface area contributed by atoms with Gasteiger partial charge in [-0.15, -0.1) is 0 Å². The summed E-state index contributed by atoms with van der Waals surface area (Å²) in [6.07, 6.45) is 2.49. The highest BCUT2D eigenvalue weighted by Gasteiger charge is 2.49. The molecule has 0 heterocycles. The average molecular weight is 239 g/mol. The van der Waals surface area contributed by atoms with Crippen LogP contribution in [0.4, 0.5) is 0 Å². The van der Waals surface area contributed by atoms with E-state index < -0.39 is 0 Å². The Morgan fingerprint density at radius 3 is 2.19 bits per heavy atom. The molecular formula is C13H19ClN2. The number of hydrogen-bond donors (Lipinski definition) is 1. The molecule has 16 heavy (non-hydrogen) atoms. The van der Waals surface area contributed by atoms with Crippen molar-refractivity contribution in [1.82, 2.24) is 10.2 Å². The van der Waals surface area contributed by atoms with E-state index in [1.807, 2.05) is 12.1 Å². The minimum absolute atomic E-state index is 0.261. The van der Waals surface area contributed by atoms with Crippen LogP contribution in [0, 0.1) is 0 Å². The van der Waals surface area contributed by atoms with Gasteiger partial charge in [0.15, 0.2) is 0 Å². The topological polar surface area (TPSA) is 15.3 Å². The van der Waals surface area contributed by atoms with Crippen LogP contribution in [-0.2, 0) is 0 Å². The lowest BCUT2D eigenvalue weighted by Crippen LogP contribution is -2.41. The lowest BCUT2D eigenvalue weighted by Gasteiger charge is -2.33. The fourth-order valence-electron chi connectivity index (χ4n) is 2.55. The van der Waals surface area contributed by atoms with Gasteiger partial charge >= 0.3 is 0 Å². The highest BCUT2D eigenvalue weighted by Crippen LogP contribution is 2.47. The molecule has 1 saturated carbocycles. The highest BCUT2D eigenvalue weighted by molar-refractivity contribution is 6.30. The molecule has 1 aliphatic rings.